The van der Waals surface area contributed by atoms with Crippen LogP contribution in [0.1, 0.15) is 25.7 Å². The van der Waals surface area contributed by atoms with Crippen LogP contribution in [-0.4, -0.2) is 48.3 Å². The van der Waals surface area contributed by atoms with E-state index in [-0.39, 0.29) is 0 Å². The van der Waals surface area contributed by atoms with Crippen LogP contribution in [0.5, 0.6) is 0 Å². The summed E-state index contributed by atoms with van der Waals surface area (Å²) in [6.07, 6.45) is -22.1. The maximum atomic E-state index is 14.8. The van der Waals surface area contributed by atoms with Gasteiger partial charge in [-0.1, -0.05) is 12.8 Å². The number of halogens is 16. The quantitative estimate of drug-likeness (QED) is 0.359. The largest absolute Gasteiger partial charge is 0.525 e. The first kappa shape index (κ1) is 26.9. The van der Waals surface area contributed by atoms with Gasteiger partial charge in [0.05, 0.1) is 0 Å². The smallest absolute Gasteiger partial charge is 0.253 e. The van der Waals surface area contributed by atoms with Crippen LogP contribution in [0.4, 0.5) is 70.2 Å². The van der Waals surface area contributed by atoms with Crippen molar-refractivity contribution in [3.8, 4) is 0 Å². The van der Waals surface area contributed by atoms with Crippen LogP contribution < -0.4 is 0 Å². The van der Waals surface area contributed by atoms with Gasteiger partial charge in [0, 0.05) is 5.92 Å². The molecule has 0 aromatic heterocycles. The van der Waals surface area contributed by atoms with E-state index >= 15 is 0 Å². The lowest BCUT2D eigenvalue weighted by Gasteiger charge is -2.45. The fourth-order valence-corrected chi connectivity index (χ4v) is 2.95. The molecule has 0 N–H and O–H groups in total. The fourth-order valence-electron chi connectivity index (χ4n) is 2.95. The Hall–Kier alpha value is -1.16. The van der Waals surface area contributed by atoms with Crippen molar-refractivity contribution in [3.63, 3.8) is 0 Å². The molecule has 1 saturated carbocycles. The molecule has 0 spiro atoms. The third-order valence-corrected chi connectivity index (χ3v) is 4.54. The highest BCUT2D eigenvalue weighted by atomic mass is 19.4. The Bertz CT molecular complexity index is 601. The van der Waals surface area contributed by atoms with E-state index in [4.69, 9.17) is 0 Å². The van der Waals surface area contributed by atoms with Gasteiger partial charge in [0.2, 0.25) is 12.0 Å². The summed E-state index contributed by atoms with van der Waals surface area (Å²) in [5, 5.41) is 0. The lowest BCUT2D eigenvalue weighted by atomic mass is 9.77. The molecule has 1 aliphatic rings. The Balaban J connectivity index is 3.65. The molecule has 180 valence electrons. The Morgan fingerprint density at radius 3 is 1.27 bits per heavy atom. The lowest BCUT2D eigenvalue weighted by Crippen LogP contribution is -2.73. The van der Waals surface area contributed by atoms with Gasteiger partial charge in [0.25, 0.3) is 0 Å². The molecule has 0 radical (unpaired) electrons. The fraction of sp³-hybridized carbons (Fsp3) is 1.00. The first-order chi connectivity index (χ1) is 13.0. The Morgan fingerprint density at radius 1 is 0.567 bits per heavy atom. The molecule has 1 nitrogen and oxygen atoms in total. The van der Waals surface area contributed by atoms with E-state index in [1.165, 1.54) is 0 Å². The van der Waals surface area contributed by atoms with Gasteiger partial charge in [-0.3, -0.25) is 4.74 Å². The van der Waals surface area contributed by atoms with Crippen LogP contribution in [0.3, 0.4) is 0 Å². The van der Waals surface area contributed by atoms with Gasteiger partial charge in [-0.05, 0) is 12.8 Å². The van der Waals surface area contributed by atoms with Crippen molar-refractivity contribution in [3.05, 3.63) is 0 Å². The number of ether oxygens (including phenoxy) is 1. The minimum absolute atomic E-state index is 0.411. The second kappa shape index (κ2) is 7.46. The molecular formula is C13H10F16O. The standard InChI is InChI=1S/C13H10F16O/c14-6(30-13(27,28)29)7(15,5-3-1-2-4-5)8(16,17)9(18,19)10(20,21)11(22,23)12(24,25)26/h5-6H,1-4H2. The number of rotatable bonds is 7. The normalized spacial score (nSPS) is 21.6. The molecule has 2 atom stereocenters. The van der Waals surface area contributed by atoms with Crippen molar-refractivity contribution in [2.24, 2.45) is 5.92 Å². The maximum Gasteiger partial charge on any atom is 0.525 e. The van der Waals surface area contributed by atoms with Crippen LogP contribution in [0, 0.1) is 5.92 Å². The molecule has 1 rings (SSSR count). The summed E-state index contributed by atoms with van der Waals surface area (Å²) in [4.78, 5) is 0. The third-order valence-electron chi connectivity index (χ3n) is 4.54. The number of hydrogen-bond acceptors (Lipinski definition) is 1. The van der Waals surface area contributed by atoms with Crippen molar-refractivity contribution in [1.82, 2.24) is 0 Å². The third kappa shape index (κ3) is 3.89. The van der Waals surface area contributed by atoms with E-state index in [0.29, 0.717) is 0 Å². The van der Waals surface area contributed by atoms with Crippen LogP contribution in [0.25, 0.3) is 0 Å². The van der Waals surface area contributed by atoms with E-state index < -0.39 is 79.9 Å². The molecule has 1 aliphatic carbocycles. The SMILES string of the molecule is FC(OC(F)(F)F)C(F)(C1CCCC1)C(F)(F)C(F)(F)C(F)(F)C(F)(F)C(F)(F)F. The average molecular weight is 486 g/mol. The van der Waals surface area contributed by atoms with Gasteiger partial charge in [0.15, 0.2) is 0 Å². The predicted molar refractivity (Wildman–Crippen MR) is 63.7 cm³/mol. The Kier molecular flexibility index (Phi) is 6.69. The molecule has 2 unspecified atom stereocenters. The van der Waals surface area contributed by atoms with E-state index in [9.17, 15) is 70.2 Å². The minimum atomic E-state index is -8.10. The second-order valence-electron chi connectivity index (χ2n) is 6.42. The summed E-state index contributed by atoms with van der Waals surface area (Å²) in [6, 6.07) is 0. The van der Waals surface area contributed by atoms with E-state index in [0.717, 1.165) is 0 Å². The monoisotopic (exact) mass is 486 g/mol. The van der Waals surface area contributed by atoms with Gasteiger partial charge >= 0.3 is 36.2 Å². The van der Waals surface area contributed by atoms with E-state index in [1.807, 2.05) is 0 Å². The van der Waals surface area contributed by atoms with E-state index in [2.05, 4.69) is 4.74 Å². The highest BCUT2D eigenvalue weighted by molar-refractivity contribution is 5.15. The topological polar surface area (TPSA) is 9.23 Å². The maximum absolute atomic E-state index is 14.8. The molecule has 0 aromatic rings. The van der Waals surface area contributed by atoms with Crippen molar-refractivity contribution >= 4 is 0 Å². The van der Waals surface area contributed by atoms with Crippen molar-refractivity contribution in [2.45, 2.75) is 73.9 Å². The summed E-state index contributed by atoms with van der Waals surface area (Å²) in [6.45, 7) is 0. The predicted octanol–water partition coefficient (Wildman–Crippen LogP) is 6.82. The first-order valence-corrected chi connectivity index (χ1v) is 7.64. The molecule has 17 heteroatoms. The van der Waals surface area contributed by atoms with Gasteiger partial charge in [-0.2, -0.15) is 48.3 Å². The Labute approximate surface area is 156 Å². The molecular weight excluding hydrogens is 476 g/mol. The molecule has 0 heterocycles. The van der Waals surface area contributed by atoms with Gasteiger partial charge in [-0.15, -0.1) is 13.2 Å². The molecule has 0 aromatic carbocycles. The van der Waals surface area contributed by atoms with Gasteiger partial charge in [0.1, 0.15) is 0 Å². The van der Waals surface area contributed by atoms with Crippen LogP contribution in [-0.2, 0) is 4.74 Å². The van der Waals surface area contributed by atoms with Crippen LogP contribution in [0.2, 0.25) is 0 Å². The molecule has 0 saturated heterocycles. The molecule has 1 fully saturated rings. The average Bonchev–Trinajstić information content (AvgIpc) is 3.05. The molecule has 0 amide bonds. The minimum Gasteiger partial charge on any atom is -0.253 e. The van der Waals surface area contributed by atoms with Crippen molar-refractivity contribution in [1.29, 1.82) is 0 Å². The van der Waals surface area contributed by atoms with E-state index in [1.54, 1.807) is 0 Å². The molecule has 0 bridgehead atoms. The summed E-state index contributed by atoms with van der Waals surface area (Å²) >= 11 is 0. The molecule has 0 aliphatic heterocycles. The van der Waals surface area contributed by atoms with Crippen LogP contribution in [0.15, 0.2) is 0 Å². The zero-order valence-corrected chi connectivity index (χ0v) is 13.9. The number of alkyl halides is 16. The lowest BCUT2D eigenvalue weighted by molar-refractivity contribution is -0.452. The molecule has 30 heavy (non-hydrogen) atoms. The van der Waals surface area contributed by atoms with Crippen LogP contribution >= 0.6 is 0 Å². The van der Waals surface area contributed by atoms with Gasteiger partial charge in [-0.25, -0.2) is 8.78 Å². The summed E-state index contributed by atoms with van der Waals surface area (Å²) in [7, 11) is 0. The van der Waals surface area contributed by atoms with Crippen molar-refractivity contribution < 1.29 is 75.0 Å². The highest BCUT2D eigenvalue weighted by Crippen LogP contribution is 2.63. The second-order valence-corrected chi connectivity index (χ2v) is 6.42. The highest BCUT2D eigenvalue weighted by Gasteiger charge is 2.91. The van der Waals surface area contributed by atoms with Crippen molar-refractivity contribution in [2.75, 3.05) is 0 Å². The Morgan fingerprint density at radius 2 is 0.933 bits per heavy atom. The zero-order valence-electron chi connectivity index (χ0n) is 13.9. The summed E-state index contributed by atoms with van der Waals surface area (Å²) in [5.41, 5.74) is -6.05. The van der Waals surface area contributed by atoms with Gasteiger partial charge < -0.3 is 0 Å². The number of hydrogen-bond donors (Lipinski definition) is 0. The first-order valence-electron chi connectivity index (χ1n) is 7.64. The zero-order chi connectivity index (χ0) is 24.2. The summed E-state index contributed by atoms with van der Waals surface area (Å²) < 4.78 is 212. The summed E-state index contributed by atoms with van der Waals surface area (Å²) in [5.74, 6) is -34.4.